The Balaban J connectivity index is 2.04. The van der Waals surface area contributed by atoms with Gasteiger partial charge in [-0.05, 0) is 11.6 Å². The maximum atomic E-state index is 11.9. The molecule has 0 N–H and O–H groups in total. The van der Waals surface area contributed by atoms with Crippen LogP contribution < -0.4 is 0 Å². The van der Waals surface area contributed by atoms with Gasteiger partial charge in [-0.25, -0.2) is 0 Å². The first-order valence-electron chi connectivity index (χ1n) is 7.13. The van der Waals surface area contributed by atoms with Crippen LogP contribution in [0.15, 0.2) is 36.4 Å². The molecule has 1 fully saturated rings. The van der Waals surface area contributed by atoms with Crippen LogP contribution in [0.1, 0.15) is 5.56 Å². The molecular weight excluding hydrogens is 318 g/mol. The molecule has 9 heteroatoms. The summed E-state index contributed by atoms with van der Waals surface area (Å²) in [6.45, 7) is 2.12. The fourth-order valence-electron chi connectivity index (χ4n) is 2.14. The Morgan fingerprint density at radius 1 is 1.08 bits per heavy atom. The van der Waals surface area contributed by atoms with Gasteiger partial charge in [0.2, 0.25) is 5.91 Å². The fraction of sp³-hybridized carbons (Fsp3) is 0.267. The van der Waals surface area contributed by atoms with Crippen LogP contribution in [0, 0.1) is 20.2 Å². The van der Waals surface area contributed by atoms with Gasteiger partial charge in [-0.3, -0.25) is 25.0 Å². The van der Waals surface area contributed by atoms with Crippen LogP contribution in [0.3, 0.4) is 0 Å². The quantitative estimate of drug-likeness (QED) is 0.352. The van der Waals surface area contributed by atoms with Gasteiger partial charge in [0.15, 0.2) is 0 Å². The van der Waals surface area contributed by atoms with Gasteiger partial charge in [0.25, 0.3) is 0 Å². The van der Waals surface area contributed by atoms with E-state index >= 15 is 0 Å². The van der Waals surface area contributed by atoms with E-state index in [0.717, 1.165) is 12.1 Å². The third kappa shape index (κ3) is 4.46. The number of nitro benzene ring substituents is 2. The van der Waals surface area contributed by atoms with E-state index in [9.17, 15) is 25.0 Å². The van der Waals surface area contributed by atoms with Crippen molar-refractivity contribution in [2.45, 2.75) is 0 Å². The summed E-state index contributed by atoms with van der Waals surface area (Å²) in [6.07, 6.45) is 5.98. The van der Waals surface area contributed by atoms with Gasteiger partial charge in [-0.2, -0.15) is 0 Å². The van der Waals surface area contributed by atoms with Crippen molar-refractivity contribution >= 4 is 23.4 Å². The van der Waals surface area contributed by atoms with Gasteiger partial charge in [0.1, 0.15) is 0 Å². The lowest BCUT2D eigenvalue weighted by molar-refractivity contribution is -0.422. The second kappa shape index (κ2) is 7.97. The molecule has 2 rings (SSSR count). The molecule has 0 saturated carbocycles. The number of carbonyl (C=O) groups is 1. The van der Waals surface area contributed by atoms with Gasteiger partial charge < -0.3 is 9.64 Å². The van der Waals surface area contributed by atoms with Gasteiger partial charge in [0.05, 0.1) is 23.1 Å². The van der Waals surface area contributed by atoms with Crippen LogP contribution in [0.4, 0.5) is 11.4 Å². The number of allylic oxidation sites excluding steroid dienone is 2. The van der Waals surface area contributed by atoms with E-state index in [1.54, 1.807) is 11.0 Å². The van der Waals surface area contributed by atoms with Crippen molar-refractivity contribution in [3.63, 3.8) is 0 Å². The minimum Gasteiger partial charge on any atom is -0.378 e. The van der Waals surface area contributed by atoms with Crippen molar-refractivity contribution in [3.05, 3.63) is 62.2 Å². The molecular formula is C15H15N3O6. The van der Waals surface area contributed by atoms with Crippen molar-refractivity contribution in [2.75, 3.05) is 26.3 Å². The molecule has 1 heterocycles. The first-order valence-corrected chi connectivity index (χ1v) is 7.13. The monoisotopic (exact) mass is 333 g/mol. The molecule has 1 aliphatic rings. The molecule has 1 aromatic carbocycles. The second-order valence-electron chi connectivity index (χ2n) is 4.92. The number of amides is 1. The van der Waals surface area contributed by atoms with Crippen LogP contribution in [-0.2, 0) is 9.53 Å². The van der Waals surface area contributed by atoms with E-state index in [1.807, 2.05) is 0 Å². The highest BCUT2D eigenvalue weighted by atomic mass is 16.6. The summed E-state index contributed by atoms with van der Waals surface area (Å²) in [4.78, 5) is 33.5. The molecule has 0 atom stereocenters. The zero-order valence-corrected chi connectivity index (χ0v) is 12.7. The number of nitrogens with zero attached hydrogens (tertiary/aromatic N) is 3. The standard InChI is InChI=1S/C15H15N3O6/c19-15(16-7-9-24-10-8-16)4-2-1-3-12-5-6-13(17(20)21)14(11-12)18(22)23/h1-6,11H,7-10H2/b3-1+,4-2+. The lowest BCUT2D eigenvalue weighted by Crippen LogP contribution is -2.39. The highest BCUT2D eigenvalue weighted by Gasteiger charge is 2.23. The Bertz CT molecular complexity index is 707. The zero-order chi connectivity index (χ0) is 17.5. The number of nitro groups is 2. The zero-order valence-electron chi connectivity index (χ0n) is 12.7. The number of morpholine rings is 1. The third-order valence-corrected chi connectivity index (χ3v) is 3.35. The highest BCUT2D eigenvalue weighted by molar-refractivity contribution is 5.88. The lowest BCUT2D eigenvalue weighted by atomic mass is 10.1. The van der Waals surface area contributed by atoms with Gasteiger partial charge in [-0.1, -0.05) is 18.2 Å². The summed E-state index contributed by atoms with van der Waals surface area (Å²) < 4.78 is 5.16. The van der Waals surface area contributed by atoms with Crippen LogP contribution in [0.25, 0.3) is 6.08 Å². The average molecular weight is 333 g/mol. The molecule has 0 unspecified atom stereocenters. The van der Waals surface area contributed by atoms with Crippen molar-refractivity contribution in [3.8, 4) is 0 Å². The maximum Gasteiger partial charge on any atom is 0.346 e. The van der Waals surface area contributed by atoms with Crippen molar-refractivity contribution in [1.82, 2.24) is 4.90 Å². The first-order chi connectivity index (χ1) is 11.5. The minimum absolute atomic E-state index is 0.141. The topological polar surface area (TPSA) is 116 Å². The molecule has 0 radical (unpaired) electrons. The fourth-order valence-corrected chi connectivity index (χ4v) is 2.14. The molecule has 1 saturated heterocycles. The third-order valence-electron chi connectivity index (χ3n) is 3.35. The molecule has 0 aromatic heterocycles. The van der Waals surface area contributed by atoms with E-state index in [2.05, 4.69) is 0 Å². The summed E-state index contributed by atoms with van der Waals surface area (Å²) in [7, 11) is 0. The maximum absolute atomic E-state index is 11.9. The van der Waals surface area contributed by atoms with Crippen LogP contribution in [0.2, 0.25) is 0 Å². The Labute approximate surface area is 137 Å². The molecule has 0 bridgehead atoms. The van der Waals surface area contributed by atoms with E-state index < -0.39 is 21.2 Å². The molecule has 1 aromatic rings. The molecule has 1 amide bonds. The number of hydrogen-bond donors (Lipinski definition) is 0. The predicted molar refractivity (Wildman–Crippen MR) is 85.3 cm³/mol. The van der Waals surface area contributed by atoms with Crippen molar-refractivity contribution < 1.29 is 19.4 Å². The number of ether oxygens (including phenoxy) is 1. The normalized spacial score (nSPS) is 15.1. The van der Waals surface area contributed by atoms with E-state index in [1.165, 1.54) is 24.3 Å². The van der Waals surface area contributed by atoms with Gasteiger partial charge in [-0.15, -0.1) is 0 Å². The molecule has 24 heavy (non-hydrogen) atoms. The molecule has 0 aliphatic carbocycles. The summed E-state index contributed by atoms with van der Waals surface area (Å²) in [5.41, 5.74) is -0.707. The number of carbonyl (C=O) groups excluding carboxylic acids is 1. The Hall–Kier alpha value is -3.07. The first kappa shape index (κ1) is 17.3. The van der Waals surface area contributed by atoms with Crippen molar-refractivity contribution in [2.24, 2.45) is 0 Å². The number of hydrogen-bond acceptors (Lipinski definition) is 6. The van der Waals surface area contributed by atoms with Gasteiger partial charge >= 0.3 is 11.4 Å². The van der Waals surface area contributed by atoms with Crippen LogP contribution in [-0.4, -0.2) is 47.0 Å². The Morgan fingerprint density at radius 3 is 2.38 bits per heavy atom. The summed E-state index contributed by atoms with van der Waals surface area (Å²) in [5, 5.41) is 21.6. The smallest absolute Gasteiger partial charge is 0.346 e. The van der Waals surface area contributed by atoms with Crippen LogP contribution >= 0.6 is 0 Å². The van der Waals surface area contributed by atoms with E-state index in [-0.39, 0.29) is 5.91 Å². The SMILES string of the molecule is O=C(/C=C/C=C/c1ccc([N+](=O)[O-])c([N+](=O)[O-])c1)N1CCOCC1. The largest absolute Gasteiger partial charge is 0.378 e. The molecule has 9 nitrogen and oxygen atoms in total. The average Bonchev–Trinajstić information content (AvgIpc) is 2.59. The van der Waals surface area contributed by atoms with E-state index in [0.29, 0.717) is 31.9 Å². The number of rotatable bonds is 5. The van der Waals surface area contributed by atoms with E-state index in [4.69, 9.17) is 4.74 Å². The summed E-state index contributed by atoms with van der Waals surface area (Å²) >= 11 is 0. The summed E-state index contributed by atoms with van der Waals surface area (Å²) in [6, 6.07) is 3.60. The van der Waals surface area contributed by atoms with Crippen molar-refractivity contribution in [1.29, 1.82) is 0 Å². The second-order valence-corrected chi connectivity index (χ2v) is 4.92. The molecule has 1 aliphatic heterocycles. The molecule has 126 valence electrons. The highest BCUT2D eigenvalue weighted by Crippen LogP contribution is 2.27. The minimum atomic E-state index is -0.799. The summed E-state index contributed by atoms with van der Waals surface area (Å²) in [5.74, 6) is -0.141. The van der Waals surface area contributed by atoms with Crippen LogP contribution in [0.5, 0.6) is 0 Å². The molecule has 0 spiro atoms. The van der Waals surface area contributed by atoms with Gasteiger partial charge in [0, 0.05) is 31.3 Å². The number of benzene rings is 1. The Kier molecular flexibility index (Phi) is 5.74. The Morgan fingerprint density at radius 2 is 1.75 bits per heavy atom. The predicted octanol–water partition coefficient (Wildman–Crippen LogP) is 1.93. The lowest BCUT2D eigenvalue weighted by Gasteiger charge is -2.25.